The highest BCUT2D eigenvalue weighted by molar-refractivity contribution is 5.47. The maximum absolute atomic E-state index is 5.85. The maximum Gasteiger partial charge on any atom is 0.0569 e. The zero-order chi connectivity index (χ0) is 12.5. The van der Waals surface area contributed by atoms with Crippen LogP contribution >= 0.6 is 0 Å². The SMILES string of the molecule is CC(N)c1ccc(N2CCC3CCCCC32)cn1. The zero-order valence-corrected chi connectivity index (χ0v) is 11.2. The lowest BCUT2D eigenvalue weighted by atomic mass is 9.85. The summed E-state index contributed by atoms with van der Waals surface area (Å²) in [7, 11) is 0. The van der Waals surface area contributed by atoms with E-state index in [1.165, 1.54) is 44.3 Å². The molecule has 1 aliphatic heterocycles. The van der Waals surface area contributed by atoms with Crippen LogP contribution in [0.25, 0.3) is 0 Å². The number of anilines is 1. The third-order valence-electron chi connectivity index (χ3n) is 4.58. The molecule has 2 N–H and O–H groups in total. The first-order valence-electron chi connectivity index (χ1n) is 7.24. The number of aromatic nitrogens is 1. The molecular weight excluding hydrogens is 222 g/mol. The molecule has 0 aromatic carbocycles. The van der Waals surface area contributed by atoms with Crippen molar-refractivity contribution in [1.29, 1.82) is 0 Å². The van der Waals surface area contributed by atoms with Crippen LogP contribution in [-0.4, -0.2) is 17.6 Å². The Morgan fingerprint density at radius 2 is 2.11 bits per heavy atom. The summed E-state index contributed by atoms with van der Waals surface area (Å²) in [5, 5.41) is 0. The van der Waals surface area contributed by atoms with E-state index in [-0.39, 0.29) is 6.04 Å². The summed E-state index contributed by atoms with van der Waals surface area (Å²) in [4.78, 5) is 7.06. The van der Waals surface area contributed by atoms with Crippen LogP contribution < -0.4 is 10.6 Å². The first kappa shape index (κ1) is 12.0. The molecule has 3 nitrogen and oxygen atoms in total. The van der Waals surface area contributed by atoms with E-state index < -0.39 is 0 Å². The van der Waals surface area contributed by atoms with Gasteiger partial charge in [0.05, 0.1) is 17.6 Å². The van der Waals surface area contributed by atoms with E-state index in [4.69, 9.17) is 5.73 Å². The van der Waals surface area contributed by atoms with Gasteiger partial charge in [-0.1, -0.05) is 12.8 Å². The molecule has 2 aliphatic rings. The zero-order valence-electron chi connectivity index (χ0n) is 11.2. The van der Waals surface area contributed by atoms with Crippen LogP contribution in [0.5, 0.6) is 0 Å². The standard InChI is InChI=1S/C15H23N3/c1-11(16)14-7-6-13(10-17-14)18-9-8-12-4-2-3-5-15(12)18/h6-7,10-12,15H,2-5,8-9,16H2,1H3. The molecule has 0 radical (unpaired) electrons. The normalized spacial score (nSPS) is 29.1. The van der Waals surface area contributed by atoms with E-state index in [2.05, 4.69) is 22.0 Å². The maximum atomic E-state index is 5.85. The first-order chi connectivity index (χ1) is 8.75. The van der Waals surface area contributed by atoms with Crippen molar-refractivity contribution in [2.24, 2.45) is 11.7 Å². The van der Waals surface area contributed by atoms with Gasteiger partial charge in [-0.25, -0.2) is 0 Å². The van der Waals surface area contributed by atoms with Crippen molar-refractivity contribution in [2.45, 2.75) is 51.1 Å². The van der Waals surface area contributed by atoms with Crippen molar-refractivity contribution in [1.82, 2.24) is 4.98 Å². The van der Waals surface area contributed by atoms with E-state index in [0.29, 0.717) is 0 Å². The minimum atomic E-state index is 0.0278. The lowest BCUT2D eigenvalue weighted by Gasteiger charge is -2.33. The smallest absolute Gasteiger partial charge is 0.0569 e. The number of hydrogen-bond acceptors (Lipinski definition) is 3. The second-order valence-electron chi connectivity index (χ2n) is 5.82. The lowest BCUT2D eigenvalue weighted by Crippen LogP contribution is -2.34. The molecule has 2 heterocycles. The number of nitrogens with two attached hydrogens (primary N) is 1. The van der Waals surface area contributed by atoms with Gasteiger partial charge < -0.3 is 10.6 Å². The summed E-state index contributed by atoms with van der Waals surface area (Å²) in [5.74, 6) is 0.923. The number of hydrogen-bond donors (Lipinski definition) is 1. The van der Waals surface area contributed by atoms with E-state index in [9.17, 15) is 0 Å². The van der Waals surface area contributed by atoms with Gasteiger partial charge in [-0.2, -0.15) is 0 Å². The topological polar surface area (TPSA) is 42.1 Å². The Morgan fingerprint density at radius 3 is 2.83 bits per heavy atom. The Kier molecular flexibility index (Phi) is 3.25. The molecule has 1 aromatic heterocycles. The molecule has 0 spiro atoms. The molecule has 3 unspecified atom stereocenters. The van der Waals surface area contributed by atoms with Gasteiger partial charge in [0.15, 0.2) is 0 Å². The third kappa shape index (κ3) is 2.12. The predicted molar refractivity (Wildman–Crippen MR) is 74.5 cm³/mol. The van der Waals surface area contributed by atoms with E-state index in [1.54, 1.807) is 0 Å². The predicted octanol–water partition coefficient (Wildman–Crippen LogP) is 2.87. The fourth-order valence-corrected chi connectivity index (χ4v) is 3.56. The number of nitrogens with zero attached hydrogens (tertiary/aromatic N) is 2. The summed E-state index contributed by atoms with van der Waals surface area (Å²) in [6.07, 6.45) is 8.97. The number of pyridine rings is 1. The Morgan fingerprint density at radius 1 is 1.28 bits per heavy atom. The molecule has 3 rings (SSSR count). The van der Waals surface area contributed by atoms with E-state index in [1.807, 2.05) is 13.1 Å². The minimum absolute atomic E-state index is 0.0278. The molecule has 3 heteroatoms. The second kappa shape index (κ2) is 4.88. The van der Waals surface area contributed by atoms with Crippen molar-refractivity contribution < 1.29 is 0 Å². The fourth-order valence-electron chi connectivity index (χ4n) is 3.56. The Balaban J connectivity index is 1.78. The summed E-state index contributed by atoms with van der Waals surface area (Å²) in [6.45, 7) is 3.18. The number of fused-ring (bicyclic) bond motifs is 1. The summed E-state index contributed by atoms with van der Waals surface area (Å²) in [6, 6.07) is 5.07. The molecule has 3 atom stereocenters. The molecule has 1 aliphatic carbocycles. The first-order valence-corrected chi connectivity index (χ1v) is 7.24. The van der Waals surface area contributed by atoms with Gasteiger partial charge in [0.2, 0.25) is 0 Å². The molecule has 1 saturated carbocycles. The molecule has 1 aromatic rings. The molecule has 2 fully saturated rings. The van der Waals surface area contributed by atoms with Gasteiger partial charge in [0.25, 0.3) is 0 Å². The highest BCUT2D eigenvalue weighted by Crippen LogP contribution is 2.38. The van der Waals surface area contributed by atoms with Crippen molar-refractivity contribution in [3.63, 3.8) is 0 Å². The average molecular weight is 245 g/mol. The van der Waals surface area contributed by atoms with Crippen LogP contribution in [0.3, 0.4) is 0 Å². The van der Waals surface area contributed by atoms with Crippen LogP contribution in [-0.2, 0) is 0 Å². The summed E-state index contributed by atoms with van der Waals surface area (Å²) < 4.78 is 0. The molecule has 98 valence electrons. The van der Waals surface area contributed by atoms with Crippen LogP contribution in [0.15, 0.2) is 18.3 Å². The van der Waals surface area contributed by atoms with Gasteiger partial charge in [0.1, 0.15) is 0 Å². The Bertz CT molecular complexity index is 399. The van der Waals surface area contributed by atoms with E-state index in [0.717, 1.165) is 17.7 Å². The second-order valence-corrected chi connectivity index (χ2v) is 5.82. The van der Waals surface area contributed by atoms with Gasteiger partial charge in [0, 0.05) is 18.6 Å². The van der Waals surface area contributed by atoms with Crippen molar-refractivity contribution in [3.05, 3.63) is 24.0 Å². The van der Waals surface area contributed by atoms with Crippen LogP contribution in [0, 0.1) is 5.92 Å². The third-order valence-corrected chi connectivity index (χ3v) is 4.58. The van der Waals surface area contributed by atoms with Gasteiger partial charge in [-0.05, 0) is 44.2 Å². The fraction of sp³-hybridized carbons (Fsp3) is 0.667. The van der Waals surface area contributed by atoms with Gasteiger partial charge in [-0.15, -0.1) is 0 Å². The molecule has 0 amide bonds. The molecular formula is C15H23N3. The Hall–Kier alpha value is -1.09. The molecule has 0 bridgehead atoms. The van der Waals surface area contributed by atoms with Gasteiger partial charge >= 0.3 is 0 Å². The van der Waals surface area contributed by atoms with E-state index >= 15 is 0 Å². The highest BCUT2D eigenvalue weighted by atomic mass is 15.2. The van der Waals surface area contributed by atoms with Crippen molar-refractivity contribution in [3.8, 4) is 0 Å². The highest BCUT2D eigenvalue weighted by Gasteiger charge is 2.35. The monoisotopic (exact) mass is 245 g/mol. The van der Waals surface area contributed by atoms with Crippen molar-refractivity contribution >= 4 is 5.69 Å². The number of rotatable bonds is 2. The van der Waals surface area contributed by atoms with Crippen molar-refractivity contribution in [2.75, 3.05) is 11.4 Å². The largest absolute Gasteiger partial charge is 0.367 e. The van der Waals surface area contributed by atoms with Gasteiger partial charge in [-0.3, -0.25) is 4.98 Å². The minimum Gasteiger partial charge on any atom is -0.367 e. The van der Waals surface area contributed by atoms with Crippen LogP contribution in [0.2, 0.25) is 0 Å². The van der Waals surface area contributed by atoms with Crippen LogP contribution in [0.4, 0.5) is 5.69 Å². The quantitative estimate of drug-likeness (QED) is 0.871. The summed E-state index contributed by atoms with van der Waals surface area (Å²) in [5.41, 5.74) is 8.12. The lowest BCUT2D eigenvalue weighted by molar-refractivity contribution is 0.342. The molecule has 1 saturated heterocycles. The average Bonchev–Trinajstić information content (AvgIpc) is 2.82. The Labute approximate surface area is 109 Å². The summed E-state index contributed by atoms with van der Waals surface area (Å²) >= 11 is 0. The van der Waals surface area contributed by atoms with Crippen LogP contribution in [0.1, 0.15) is 50.8 Å². The molecule has 18 heavy (non-hydrogen) atoms.